The number of rotatable bonds is 5. The maximum atomic E-state index is 12.8. The Hall–Kier alpha value is -2.48. The second kappa shape index (κ2) is 6.33. The van der Waals surface area contributed by atoms with Crippen molar-refractivity contribution in [3.63, 3.8) is 0 Å². The maximum Gasteiger partial charge on any atom is 0.315 e. The van der Waals surface area contributed by atoms with E-state index in [2.05, 4.69) is 20.8 Å². The van der Waals surface area contributed by atoms with Crippen molar-refractivity contribution in [3.05, 3.63) is 47.4 Å². The van der Waals surface area contributed by atoms with Gasteiger partial charge in [-0.3, -0.25) is 0 Å². The topological polar surface area (TPSA) is 106 Å². The molecule has 122 valence electrons. The third kappa shape index (κ3) is 3.65. The molecule has 0 aliphatic heterocycles. The average molecular weight is 319 g/mol. The third-order valence-electron chi connectivity index (χ3n) is 3.93. The highest BCUT2D eigenvalue weighted by molar-refractivity contribution is 5.73. The van der Waals surface area contributed by atoms with Gasteiger partial charge in [0.25, 0.3) is 0 Å². The van der Waals surface area contributed by atoms with Crippen LogP contribution in [-0.2, 0) is 18.6 Å². The van der Waals surface area contributed by atoms with Crippen molar-refractivity contribution in [2.75, 3.05) is 0 Å². The van der Waals surface area contributed by atoms with E-state index in [1.54, 1.807) is 12.1 Å². The lowest BCUT2D eigenvalue weighted by molar-refractivity contribution is 0.228. The Labute approximate surface area is 132 Å². The van der Waals surface area contributed by atoms with Crippen molar-refractivity contribution < 1.29 is 13.7 Å². The molecule has 1 saturated carbocycles. The molecule has 0 spiro atoms. The van der Waals surface area contributed by atoms with Crippen LogP contribution in [0, 0.1) is 5.82 Å². The Kier molecular flexibility index (Phi) is 4.24. The number of carbonyl (C=O) groups is 1. The lowest BCUT2D eigenvalue weighted by atomic mass is 9.77. The number of hydrogen-bond acceptors (Lipinski definition) is 5. The SMILES string of the molecule is NC1(c2noc(CNC(=O)NCc3ccc(F)cc3)n2)CCC1. The van der Waals surface area contributed by atoms with Crippen LogP contribution >= 0.6 is 0 Å². The van der Waals surface area contributed by atoms with E-state index < -0.39 is 5.54 Å². The van der Waals surface area contributed by atoms with E-state index >= 15 is 0 Å². The number of nitrogens with zero attached hydrogens (tertiary/aromatic N) is 2. The van der Waals surface area contributed by atoms with Crippen molar-refractivity contribution in [2.45, 2.75) is 37.9 Å². The zero-order chi connectivity index (χ0) is 16.3. The van der Waals surface area contributed by atoms with E-state index in [4.69, 9.17) is 10.3 Å². The molecule has 7 nitrogen and oxygen atoms in total. The van der Waals surface area contributed by atoms with Crippen LogP contribution in [0.3, 0.4) is 0 Å². The fourth-order valence-electron chi connectivity index (χ4n) is 2.31. The van der Waals surface area contributed by atoms with Crippen LogP contribution in [0.4, 0.5) is 9.18 Å². The highest BCUT2D eigenvalue weighted by Gasteiger charge is 2.38. The Bertz CT molecular complexity index is 681. The number of urea groups is 1. The first-order valence-electron chi connectivity index (χ1n) is 7.43. The van der Waals surface area contributed by atoms with Crippen LogP contribution in [-0.4, -0.2) is 16.2 Å². The number of nitrogens with one attached hydrogen (secondary N) is 2. The first kappa shape index (κ1) is 15.4. The minimum atomic E-state index is -0.480. The Morgan fingerprint density at radius 2 is 1.96 bits per heavy atom. The fourth-order valence-corrected chi connectivity index (χ4v) is 2.31. The lowest BCUT2D eigenvalue weighted by Crippen LogP contribution is -2.44. The molecule has 1 heterocycles. The monoisotopic (exact) mass is 319 g/mol. The van der Waals surface area contributed by atoms with Gasteiger partial charge in [0.2, 0.25) is 5.89 Å². The Balaban J connectivity index is 1.44. The van der Waals surface area contributed by atoms with Gasteiger partial charge in [0.1, 0.15) is 5.82 Å². The van der Waals surface area contributed by atoms with Crippen molar-refractivity contribution >= 4 is 6.03 Å². The molecule has 23 heavy (non-hydrogen) atoms. The van der Waals surface area contributed by atoms with Crippen LogP contribution in [0.1, 0.15) is 36.5 Å². The summed E-state index contributed by atoms with van der Waals surface area (Å²) in [5.41, 5.74) is 6.43. The zero-order valence-electron chi connectivity index (χ0n) is 12.5. The molecule has 1 fully saturated rings. The smallest absolute Gasteiger partial charge is 0.315 e. The summed E-state index contributed by atoms with van der Waals surface area (Å²) in [5, 5.41) is 9.15. The van der Waals surface area contributed by atoms with E-state index in [9.17, 15) is 9.18 Å². The quantitative estimate of drug-likeness (QED) is 0.775. The first-order chi connectivity index (χ1) is 11.0. The highest BCUT2D eigenvalue weighted by Crippen LogP contribution is 2.36. The fraction of sp³-hybridized carbons (Fsp3) is 0.400. The molecule has 0 saturated heterocycles. The van der Waals surface area contributed by atoms with E-state index in [0.29, 0.717) is 18.3 Å². The molecule has 1 aliphatic rings. The van der Waals surface area contributed by atoms with Crippen LogP contribution in [0.25, 0.3) is 0 Å². The molecular formula is C15H18FN5O2. The van der Waals surface area contributed by atoms with E-state index in [1.807, 2.05) is 0 Å². The number of carbonyl (C=O) groups excluding carboxylic acids is 1. The number of amides is 2. The molecule has 0 bridgehead atoms. The van der Waals surface area contributed by atoms with Crippen LogP contribution < -0.4 is 16.4 Å². The molecule has 8 heteroatoms. The van der Waals surface area contributed by atoms with Gasteiger partial charge in [0, 0.05) is 6.54 Å². The van der Waals surface area contributed by atoms with Gasteiger partial charge in [0.05, 0.1) is 12.1 Å². The second-order valence-corrected chi connectivity index (χ2v) is 5.68. The summed E-state index contributed by atoms with van der Waals surface area (Å²) in [6.07, 6.45) is 2.75. The highest BCUT2D eigenvalue weighted by atomic mass is 19.1. The zero-order valence-corrected chi connectivity index (χ0v) is 12.5. The number of halogens is 1. The number of hydrogen-bond donors (Lipinski definition) is 3. The summed E-state index contributed by atoms with van der Waals surface area (Å²) in [7, 11) is 0. The van der Waals surface area contributed by atoms with Gasteiger partial charge < -0.3 is 20.9 Å². The summed E-state index contributed by atoms with van der Waals surface area (Å²) in [5.74, 6) is 0.496. The van der Waals surface area contributed by atoms with Gasteiger partial charge in [0.15, 0.2) is 5.82 Å². The minimum absolute atomic E-state index is 0.123. The number of nitrogens with two attached hydrogens (primary N) is 1. The molecule has 1 aromatic carbocycles. The summed E-state index contributed by atoms with van der Waals surface area (Å²) in [6, 6.07) is 5.54. The molecule has 1 aliphatic carbocycles. The minimum Gasteiger partial charge on any atom is -0.337 e. The molecule has 1 aromatic heterocycles. The molecule has 2 aromatic rings. The summed E-state index contributed by atoms with van der Waals surface area (Å²) in [6.45, 7) is 0.422. The van der Waals surface area contributed by atoms with Crippen molar-refractivity contribution in [1.29, 1.82) is 0 Å². The van der Waals surface area contributed by atoms with E-state index in [-0.39, 0.29) is 18.4 Å². The van der Waals surface area contributed by atoms with Crippen LogP contribution in [0.15, 0.2) is 28.8 Å². The summed E-state index contributed by atoms with van der Waals surface area (Å²) in [4.78, 5) is 15.9. The van der Waals surface area contributed by atoms with Gasteiger partial charge in [-0.05, 0) is 37.0 Å². The lowest BCUT2D eigenvalue weighted by Gasteiger charge is -2.34. The van der Waals surface area contributed by atoms with Crippen molar-refractivity contribution in [1.82, 2.24) is 20.8 Å². The van der Waals surface area contributed by atoms with E-state index in [0.717, 1.165) is 24.8 Å². The second-order valence-electron chi connectivity index (χ2n) is 5.68. The molecule has 0 radical (unpaired) electrons. The van der Waals surface area contributed by atoms with Crippen LogP contribution in [0.5, 0.6) is 0 Å². The molecule has 2 amide bonds. The Morgan fingerprint density at radius 1 is 1.26 bits per heavy atom. The predicted molar refractivity (Wildman–Crippen MR) is 79.5 cm³/mol. The number of aromatic nitrogens is 2. The van der Waals surface area contributed by atoms with Crippen molar-refractivity contribution in [2.24, 2.45) is 5.73 Å². The average Bonchev–Trinajstić information content (AvgIpc) is 2.99. The molecule has 4 N–H and O–H groups in total. The van der Waals surface area contributed by atoms with E-state index in [1.165, 1.54) is 12.1 Å². The summed E-state index contributed by atoms with van der Waals surface area (Å²) >= 11 is 0. The maximum absolute atomic E-state index is 12.8. The van der Waals surface area contributed by atoms with Crippen LogP contribution in [0.2, 0.25) is 0 Å². The normalized spacial score (nSPS) is 15.7. The third-order valence-corrected chi connectivity index (χ3v) is 3.93. The Morgan fingerprint density at radius 3 is 2.61 bits per heavy atom. The van der Waals surface area contributed by atoms with Gasteiger partial charge in [-0.15, -0.1) is 0 Å². The molecule has 3 rings (SSSR count). The van der Waals surface area contributed by atoms with Gasteiger partial charge in [-0.1, -0.05) is 17.3 Å². The molecular weight excluding hydrogens is 301 g/mol. The standard InChI is InChI=1S/C15H18FN5O2/c16-11-4-2-10(3-5-11)8-18-14(22)19-9-12-20-13(21-23-12)15(17)6-1-7-15/h2-5H,1,6-9,17H2,(H2,18,19,22). The predicted octanol–water partition coefficient (Wildman–Crippen LogP) is 1.55. The first-order valence-corrected chi connectivity index (χ1v) is 7.43. The van der Waals surface area contributed by atoms with Gasteiger partial charge in [-0.25, -0.2) is 9.18 Å². The van der Waals surface area contributed by atoms with Gasteiger partial charge in [-0.2, -0.15) is 4.98 Å². The largest absolute Gasteiger partial charge is 0.337 e. The van der Waals surface area contributed by atoms with Gasteiger partial charge >= 0.3 is 6.03 Å². The number of benzene rings is 1. The van der Waals surface area contributed by atoms with Crippen molar-refractivity contribution in [3.8, 4) is 0 Å². The molecule has 0 unspecified atom stereocenters. The molecule has 0 atom stereocenters. The summed E-state index contributed by atoms with van der Waals surface area (Å²) < 4.78 is 17.9.